The Balaban J connectivity index is 1.87. The molecule has 2 aliphatic rings. The van der Waals surface area contributed by atoms with E-state index in [2.05, 4.69) is 11.8 Å². The number of hydrogen-bond donors (Lipinski definition) is 0. The highest BCUT2D eigenvalue weighted by molar-refractivity contribution is 5.76. The predicted octanol–water partition coefficient (Wildman–Crippen LogP) is 2.20. The van der Waals surface area contributed by atoms with Crippen LogP contribution in [0.1, 0.15) is 45.4 Å². The fourth-order valence-corrected chi connectivity index (χ4v) is 3.09. The van der Waals surface area contributed by atoms with Gasteiger partial charge in [-0.1, -0.05) is 26.2 Å². The fourth-order valence-electron chi connectivity index (χ4n) is 3.09. The Morgan fingerprint density at radius 2 is 2.06 bits per heavy atom. The Morgan fingerprint density at radius 3 is 2.56 bits per heavy atom. The van der Waals surface area contributed by atoms with E-state index in [0.29, 0.717) is 5.41 Å². The van der Waals surface area contributed by atoms with E-state index >= 15 is 0 Å². The third-order valence-corrected chi connectivity index (χ3v) is 4.25. The molecule has 3 heteroatoms. The first kappa shape index (κ1) is 11.9. The third kappa shape index (κ3) is 2.40. The lowest BCUT2D eigenvalue weighted by Crippen LogP contribution is -2.56. The molecular weight excluding hydrogens is 202 g/mol. The number of nitrogens with zero attached hydrogens (tertiary/aromatic N) is 1. The highest BCUT2D eigenvalue weighted by atomic mass is 16.5. The molecule has 2 rings (SSSR count). The average molecular weight is 225 g/mol. The zero-order valence-corrected chi connectivity index (χ0v) is 10.5. The van der Waals surface area contributed by atoms with E-state index in [1.807, 2.05) is 0 Å². The molecule has 92 valence electrons. The normalized spacial score (nSPS) is 29.5. The minimum absolute atomic E-state index is 0.0451. The molecule has 0 spiro atoms. The van der Waals surface area contributed by atoms with E-state index in [9.17, 15) is 4.79 Å². The number of likely N-dealkylation sites (tertiary alicyclic amines) is 1. The number of carbonyl (C=O) groups excluding carboxylic acids is 1. The smallest absolute Gasteiger partial charge is 0.323 e. The molecule has 1 aliphatic heterocycles. The molecule has 0 aromatic heterocycles. The second-order valence-electron chi connectivity index (χ2n) is 5.67. The van der Waals surface area contributed by atoms with Gasteiger partial charge in [0.15, 0.2) is 0 Å². The second-order valence-corrected chi connectivity index (χ2v) is 5.67. The number of hydrogen-bond acceptors (Lipinski definition) is 3. The summed E-state index contributed by atoms with van der Waals surface area (Å²) in [7, 11) is 1.49. The van der Waals surface area contributed by atoms with E-state index in [1.54, 1.807) is 0 Å². The average Bonchev–Trinajstić information content (AvgIpc) is 2.25. The van der Waals surface area contributed by atoms with E-state index in [0.717, 1.165) is 19.5 Å². The van der Waals surface area contributed by atoms with Crippen molar-refractivity contribution in [2.24, 2.45) is 5.41 Å². The van der Waals surface area contributed by atoms with Crippen molar-refractivity contribution >= 4 is 5.97 Å². The Bertz CT molecular complexity index is 259. The van der Waals surface area contributed by atoms with Crippen LogP contribution in [-0.4, -0.2) is 37.1 Å². The maximum Gasteiger partial charge on any atom is 0.323 e. The summed E-state index contributed by atoms with van der Waals surface area (Å²) in [5.41, 5.74) is 0.435. The third-order valence-electron chi connectivity index (χ3n) is 4.25. The van der Waals surface area contributed by atoms with Crippen molar-refractivity contribution in [2.75, 3.05) is 20.2 Å². The molecule has 1 saturated carbocycles. The lowest BCUT2D eigenvalue weighted by molar-refractivity contribution is -0.153. The minimum Gasteiger partial charge on any atom is -0.468 e. The van der Waals surface area contributed by atoms with Gasteiger partial charge in [-0.25, -0.2) is 0 Å². The Hall–Kier alpha value is -0.570. The van der Waals surface area contributed by atoms with E-state index in [-0.39, 0.29) is 12.0 Å². The molecule has 0 amide bonds. The molecule has 0 radical (unpaired) electrons. The molecule has 1 atom stereocenters. The summed E-state index contributed by atoms with van der Waals surface area (Å²) in [6.45, 7) is 4.51. The van der Waals surface area contributed by atoms with Gasteiger partial charge in [0.2, 0.25) is 0 Å². The molecule has 16 heavy (non-hydrogen) atoms. The maximum absolute atomic E-state index is 11.5. The molecule has 0 aromatic carbocycles. The fraction of sp³-hybridized carbons (Fsp3) is 0.923. The molecule has 0 bridgehead atoms. The summed E-state index contributed by atoms with van der Waals surface area (Å²) in [5, 5.41) is 0. The van der Waals surface area contributed by atoms with Crippen LogP contribution in [0.4, 0.5) is 0 Å². The first-order valence-corrected chi connectivity index (χ1v) is 6.46. The molecule has 1 unspecified atom stereocenters. The summed E-state index contributed by atoms with van der Waals surface area (Å²) in [5.74, 6) is -0.0503. The molecule has 0 N–H and O–H groups in total. The van der Waals surface area contributed by atoms with Crippen LogP contribution >= 0.6 is 0 Å². The first-order valence-electron chi connectivity index (χ1n) is 6.46. The van der Waals surface area contributed by atoms with Crippen LogP contribution in [0, 0.1) is 5.41 Å². The van der Waals surface area contributed by atoms with Gasteiger partial charge in [-0.15, -0.1) is 0 Å². The Labute approximate surface area is 98.1 Å². The maximum atomic E-state index is 11.5. The molecule has 1 heterocycles. The van der Waals surface area contributed by atoms with Crippen LogP contribution in [0.15, 0.2) is 0 Å². The highest BCUT2D eigenvalue weighted by Crippen LogP contribution is 2.38. The van der Waals surface area contributed by atoms with E-state index in [1.165, 1.54) is 39.2 Å². The summed E-state index contributed by atoms with van der Waals surface area (Å²) in [6.07, 6.45) is 7.70. The van der Waals surface area contributed by atoms with Crippen LogP contribution in [0.25, 0.3) is 0 Å². The Kier molecular flexibility index (Phi) is 3.53. The molecule has 3 nitrogen and oxygen atoms in total. The monoisotopic (exact) mass is 225 g/mol. The van der Waals surface area contributed by atoms with E-state index < -0.39 is 0 Å². The van der Waals surface area contributed by atoms with Crippen molar-refractivity contribution in [3.63, 3.8) is 0 Å². The van der Waals surface area contributed by atoms with Crippen LogP contribution in [0.5, 0.6) is 0 Å². The molecular formula is C13H23NO2. The van der Waals surface area contributed by atoms with Crippen molar-refractivity contribution in [3.05, 3.63) is 0 Å². The quantitative estimate of drug-likeness (QED) is 0.690. The minimum atomic E-state index is -0.0503. The van der Waals surface area contributed by atoms with Crippen molar-refractivity contribution in [1.29, 1.82) is 0 Å². The number of esters is 1. The van der Waals surface area contributed by atoms with Crippen molar-refractivity contribution in [1.82, 2.24) is 4.90 Å². The van der Waals surface area contributed by atoms with Gasteiger partial charge in [0, 0.05) is 13.1 Å². The summed E-state index contributed by atoms with van der Waals surface area (Å²) in [6, 6.07) is 0.0451. The van der Waals surface area contributed by atoms with Gasteiger partial charge in [0.05, 0.1) is 7.11 Å². The van der Waals surface area contributed by atoms with Gasteiger partial charge >= 0.3 is 5.97 Å². The zero-order valence-electron chi connectivity index (χ0n) is 10.5. The standard InChI is InChI=1S/C13H23NO2/c1-13(7-4-3-5-8-13)10-14-9-6-11(14)12(15)16-2/h11H,3-10H2,1-2H3. The summed E-state index contributed by atoms with van der Waals surface area (Å²) >= 11 is 0. The van der Waals surface area contributed by atoms with Crippen molar-refractivity contribution < 1.29 is 9.53 Å². The highest BCUT2D eigenvalue weighted by Gasteiger charge is 2.39. The SMILES string of the molecule is COC(=O)C1CCN1CC1(C)CCCCC1. The lowest BCUT2D eigenvalue weighted by Gasteiger charge is -2.45. The number of carbonyl (C=O) groups is 1. The summed E-state index contributed by atoms with van der Waals surface area (Å²) in [4.78, 5) is 13.8. The van der Waals surface area contributed by atoms with Crippen LogP contribution in [0.2, 0.25) is 0 Å². The molecule has 1 aliphatic carbocycles. The topological polar surface area (TPSA) is 29.5 Å². The Morgan fingerprint density at radius 1 is 1.38 bits per heavy atom. The van der Waals surface area contributed by atoms with E-state index in [4.69, 9.17) is 4.74 Å². The zero-order chi connectivity index (χ0) is 11.6. The lowest BCUT2D eigenvalue weighted by atomic mass is 9.74. The van der Waals surface area contributed by atoms with Crippen molar-refractivity contribution in [2.45, 2.75) is 51.5 Å². The predicted molar refractivity (Wildman–Crippen MR) is 63.2 cm³/mol. The molecule has 0 aromatic rings. The molecule has 2 fully saturated rings. The van der Waals surface area contributed by atoms with Crippen LogP contribution in [0.3, 0.4) is 0 Å². The van der Waals surface area contributed by atoms with Crippen LogP contribution in [-0.2, 0) is 9.53 Å². The number of ether oxygens (including phenoxy) is 1. The second kappa shape index (κ2) is 4.74. The van der Waals surface area contributed by atoms with Gasteiger partial charge in [-0.05, 0) is 24.7 Å². The van der Waals surface area contributed by atoms with Gasteiger partial charge in [-0.3, -0.25) is 9.69 Å². The molecule has 1 saturated heterocycles. The first-order chi connectivity index (χ1) is 7.64. The number of methoxy groups -OCH3 is 1. The van der Waals surface area contributed by atoms with Crippen LogP contribution < -0.4 is 0 Å². The van der Waals surface area contributed by atoms with Gasteiger partial charge in [-0.2, -0.15) is 0 Å². The number of rotatable bonds is 3. The largest absolute Gasteiger partial charge is 0.468 e. The van der Waals surface area contributed by atoms with Gasteiger partial charge in [0.25, 0.3) is 0 Å². The van der Waals surface area contributed by atoms with Gasteiger partial charge < -0.3 is 4.74 Å². The van der Waals surface area contributed by atoms with Gasteiger partial charge in [0.1, 0.15) is 6.04 Å². The van der Waals surface area contributed by atoms with Crippen molar-refractivity contribution in [3.8, 4) is 0 Å². The summed E-state index contributed by atoms with van der Waals surface area (Å²) < 4.78 is 4.83.